The molecule has 2 aromatic rings. The second-order valence-electron chi connectivity index (χ2n) is 5.07. The van der Waals surface area contributed by atoms with E-state index in [4.69, 9.17) is 4.74 Å². The molecule has 0 aliphatic carbocycles. The van der Waals surface area contributed by atoms with Crippen LogP contribution in [0.2, 0.25) is 0 Å². The topological polar surface area (TPSA) is 102 Å². The van der Waals surface area contributed by atoms with Crippen molar-refractivity contribution in [3.8, 4) is 0 Å². The molecule has 0 spiro atoms. The number of esters is 1. The minimum absolute atomic E-state index is 0.0116. The maximum Gasteiger partial charge on any atom is 0.306 e. The summed E-state index contributed by atoms with van der Waals surface area (Å²) >= 11 is 1.28. The fraction of sp³-hybridized carbons (Fsp3) is 0.176. The van der Waals surface area contributed by atoms with Gasteiger partial charge in [-0.2, -0.15) is 0 Å². The quantitative estimate of drug-likeness (QED) is 0.435. The Morgan fingerprint density at radius 2 is 1.73 bits per heavy atom. The zero-order valence-electron chi connectivity index (χ0n) is 13.5. The molecule has 1 heterocycles. The van der Waals surface area contributed by atoms with Gasteiger partial charge in [0.05, 0.1) is 11.3 Å². The van der Waals surface area contributed by atoms with Gasteiger partial charge in [-0.05, 0) is 35.7 Å². The van der Waals surface area contributed by atoms with E-state index in [1.165, 1.54) is 23.5 Å². The summed E-state index contributed by atoms with van der Waals surface area (Å²) < 4.78 is 17.5. The van der Waals surface area contributed by atoms with E-state index in [-0.39, 0.29) is 24.2 Å². The molecular formula is C17H15FN2O5S. The average Bonchev–Trinajstić information content (AvgIpc) is 3.17. The molecule has 9 heteroatoms. The first-order valence-corrected chi connectivity index (χ1v) is 8.41. The lowest BCUT2D eigenvalue weighted by Gasteiger charge is -2.08. The van der Waals surface area contributed by atoms with Crippen LogP contribution in [-0.4, -0.2) is 30.2 Å². The fourth-order valence-electron chi connectivity index (χ4n) is 1.83. The fourth-order valence-corrected chi connectivity index (χ4v) is 2.52. The number of benzene rings is 1. The molecule has 2 amide bonds. The first-order chi connectivity index (χ1) is 12.5. The van der Waals surface area contributed by atoms with Gasteiger partial charge in [-0.25, -0.2) is 4.39 Å². The molecule has 0 saturated heterocycles. The van der Waals surface area contributed by atoms with Gasteiger partial charge in [0.1, 0.15) is 5.82 Å². The van der Waals surface area contributed by atoms with Gasteiger partial charge in [0.15, 0.2) is 12.4 Å². The van der Waals surface area contributed by atoms with Crippen molar-refractivity contribution in [2.75, 3.05) is 6.61 Å². The highest BCUT2D eigenvalue weighted by Crippen LogP contribution is 2.12. The van der Waals surface area contributed by atoms with Crippen LogP contribution in [0.5, 0.6) is 0 Å². The molecule has 0 atom stereocenters. The van der Waals surface area contributed by atoms with Crippen LogP contribution in [0.1, 0.15) is 32.9 Å². The van der Waals surface area contributed by atoms with Crippen molar-refractivity contribution in [2.45, 2.75) is 12.8 Å². The third-order valence-electron chi connectivity index (χ3n) is 3.14. The predicted octanol–water partition coefficient (Wildman–Crippen LogP) is 1.85. The molecule has 26 heavy (non-hydrogen) atoms. The van der Waals surface area contributed by atoms with Gasteiger partial charge in [-0.1, -0.05) is 6.07 Å². The predicted molar refractivity (Wildman–Crippen MR) is 90.9 cm³/mol. The smallest absolute Gasteiger partial charge is 0.306 e. The SMILES string of the molecule is O=C(COC(=O)CCC(=O)c1cccs1)NNC(=O)c1ccc(F)cc1. The Morgan fingerprint density at radius 3 is 2.38 bits per heavy atom. The van der Waals surface area contributed by atoms with Crippen molar-refractivity contribution in [2.24, 2.45) is 0 Å². The number of ether oxygens (including phenoxy) is 1. The highest BCUT2D eigenvalue weighted by atomic mass is 32.1. The van der Waals surface area contributed by atoms with Crippen molar-refractivity contribution in [3.05, 3.63) is 58.0 Å². The van der Waals surface area contributed by atoms with Crippen LogP contribution >= 0.6 is 11.3 Å². The van der Waals surface area contributed by atoms with E-state index in [0.29, 0.717) is 4.88 Å². The number of nitrogens with one attached hydrogen (secondary N) is 2. The lowest BCUT2D eigenvalue weighted by molar-refractivity contribution is -0.148. The summed E-state index contributed by atoms with van der Waals surface area (Å²) in [5.41, 5.74) is 4.32. The van der Waals surface area contributed by atoms with Gasteiger partial charge in [0.2, 0.25) is 0 Å². The maximum atomic E-state index is 12.8. The van der Waals surface area contributed by atoms with Crippen LogP contribution in [0.25, 0.3) is 0 Å². The third-order valence-corrected chi connectivity index (χ3v) is 4.05. The molecule has 0 saturated carbocycles. The molecule has 0 bridgehead atoms. The molecule has 0 aliphatic heterocycles. The van der Waals surface area contributed by atoms with Gasteiger partial charge in [0, 0.05) is 12.0 Å². The van der Waals surface area contributed by atoms with E-state index in [2.05, 4.69) is 10.9 Å². The summed E-state index contributed by atoms with van der Waals surface area (Å²) in [6.07, 6.45) is -0.159. The Hall–Kier alpha value is -3.07. The molecule has 136 valence electrons. The number of ketones is 1. The Bertz CT molecular complexity index is 790. The molecule has 0 aliphatic rings. The van der Waals surface area contributed by atoms with E-state index < -0.39 is 30.2 Å². The summed E-state index contributed by atoms with van der Waals surface area (Å²) in [7, 11) is 0. The van der Waals surface area contributed by atoms with Gasteiger partial charge in [-0.3, -0.25) is 30.0 Å². The Balaban J connectivity index is 1.64. The van der Waals surface area contributed by atoms with E-state index >= 15 is 0 Å². The number of rotatable bonds is 7. The van der Waals surface area contributed by atoms with Crippen LogP contribution in [0.4, 0.5) is 4.39 Å². The van der Waals surface area contributed by atoms with Crippen LogP contribution in [0.15, 0.2) is 41.8 Å². The van der Waals surface area contributed by atoms with Crippen molar-refractivity contribution in [3.63, 3.8) is 0 Å². The number of hydrazine groups is 1. The monoisotopic (exact) mass is 378 g/mol. The van der Waals surface area contributed by atoms with E-state index in [0.717, 1.165) is 12.1 Å². The number of hydrogen-bond donors (Lipinski definition) is 2. The lowest BCUT2D eigenvalue weighted by atomic mass is 10.2. The van der Waals surface area contributed by atoms with Crippen LogP contribution in [-0.2, 0) is 14.3 Å². The molecule has 7 nitrogen and oxygen atoms in total. The van der Waals surface area contributed by atoms with Gasteiger partial charge in [-0.15, -0.1) is 11.3 Å². The second-order valence-corrected chi connectivity index (χ2v) is 6.02. The van der Waals surface area contributed by atoms with Crippen LogP contribution < -0.4 is 10.9 Å². The summed E-state index contributed by atoms with van der Waals surface area (Å²) in [6, 6.07) is 8.12. The number of carbonyl (C=O) groups is 4. The standard InChI is InChI=1S/C17H15FN2O5S/c18-12-5-3-11(4-6-12)17(24)20-19-15(22)10-25-16(23)8-7-13(21)14-2-1-9-26-14/h1-6,9H,7-8,10H2,(H,19,22)(H,20,24). The zero-order valence-corrected chi connectivity index (χ0v) is 14.3. The number of halogens is 1. The molecule has 0 unspecified atom stereocenters. The number of thiophene rings is 1. The maximum absolute atomic E-state index is 12.8. The molecule has 1 aromatic heterocycles. The van der Waals surface area contributed by atoms with E-state index in [1.807, 2.05) is 0 Å². The van der Waals surface area contributed by atoms with E-state index in [9.17, 15) is 23.6 Å². The van der Waals surface area contributed by atoms with Crippen molar-refractivity contribution >= 4 is 34.9 Å². The van der Waals surface area contributed by atoms with Gasteiger partial charge >= 0.3 is 5.97 Å². The minimum atomic E-state index is -0.751. The van der Waals surface area contributed by atoms with Gasteiger partial charge in [0.25, 0.3) is 11.8 Å². The minimum Gasteiger partial charge on any atom is -0.455 e. The Labute approximate surface area is 152 Å². The Morgan fingerprint density at radius 1 is 1.00 bits per heavy atom. The van der Waals surface area contributed by atoms with Gasteiger partial charge < -0.3 is 4.74 Å². The largest absolute Gasteiger partial charge is 0.455 e. The highest BCUT2D eigenvalue weighted by Gasteiger charge is 2.13. The first kappa shape index (κ1) is 19.3. The first-order valence-electron chi connectivity index (χ1n) is 7.53. The van der Waals surface area contributed by atoms with Crippen molar-refractivity contribution < 1.29 is 28.3 Å². The zero-order chi connectivity index (χ0) is 18.9. The lowest BCUT2D eigenvalue weighted by Crippen LogP contribution is -2.43. The summed E-state index contributed by atoms with van der Waals surface area (Å²) in [5, 5.41) is 1.76. The average molecular weight is 378 g/mol. The highest BCUT2D eigenvalue weighted by molar-refractivity contribution is 7.12. The second kappa shape index (κ2) is 9.42. The third kappa shape index (κ3) is 6.10. The molecular weight excluding hydrogens is 363 g/mol. The molecule has 1 aromatic carbocycles. The van der Waals surface area contributed by atoms with Crippen molar-refractivity contribution in [1.82, 2.24) is 10.9 Å². The summed E-state index contributed by atoms with van der Waals surface area (Å²) in [5.74, 6) is -2.76. The number of hydrogen-bond acceptors (Lipinski definition) is 6. The van der Waals surface area contributed by atoms with Crippen LogP contribution in [0, 0.1) is 5.82 Å². The normalized spacial score (nSPS) is 10.0. The number of amides is 2. The Kier molecular flexibility index (Phi) is 6.98. The van der Waals surface area contributed by atoms with E-state index in [1.54, 1.807) is 17.5 Å². The van der Waals surface area contributed by atoms with Crippen molar-refractivity contribution in [1.29, 1.82) is 0 Å². The molecule has 0 fully saturated rings. The summed E-state index contributed by atoms with van der Waals surface area (Å²) in [4.78, 5) is 47.1. The number of Topliss-reactive ketones (excluding diaryl/α,β-unsaturated/α-hetero) is 1. The number of carbonyl (C=O) groups excluding carboxylic acids is 4. The summed E-state index contributed by atoms with van der Waals surface area (Å²) in [6.45, 7) is -0.601. The molecule has 2 N–H and O–H groups in total. The molecule has 0 radical (unpaired) electrons. The molecule has 2 rings (SSSR count). The van der Waals surface area contributed by atoms with Crippen LogP contribution in [0.3, 0.4) is 0 Å².